The standard InChI is InChI=1S/C16H28N2O4/c1-2-14(20)18-7-3-13(4-8-18)15(21)17-11-16(12-19)5-9-22-10-6-16/h13,19H,2-12H2,1H3,(H,17,21). The van der Waals surface area contributed by atoms with Crippen molar-refractivity contribution in [3.8, 4) is 0 Å². The Morgan fingerprint density at radius 2 is 1.91 bits per heavy atom. The second kappa shape index (κ2) is 7.92. The zero-order valence-electron chi connectivity index (χ0n) is 13.5. The first kappa shape index (κ1) is 17.2. The first-order valence-electron chi connectivity index (χ1n) is 8.34. The van der Waals surface area contributed by atoms with E-state index in [-0.39, 0.29) is 29.8 Å². The third-order valence-corrected chi connectivity index (χ3v) is 5.05. The van der Waals surface area contributed by atoms with Crippen molar-refractivity contribution >= 4 is 11.8 Å². The number of carbonyl (C=O) groups excluding carboxylic acids is 2. The van der Waals surface area contributed by atoms with Crippen LogP contribution in [0.1, 0.15) is 39.0 Å². The van der Waals surface area contributed by atoms with Crippen LogP contribution in [0, 0.1) is 11.3 Å². The van der Waals surface area contributed by atoms with Crippen molar-refractivity contribution < 1.29 is 19.4 Å². The van der Waals surface area contributed by atoms with Crippen LogP contribution >= 0.6 is 0 Å². The van der Waals surface area contributed by atoms with Crippen molar-refractivity contribution in [1.29, 1.82) is 0 Å². The summed E-state index contributed by atoms with van der Waals surface area (Å²) in [5.74, 6) is 0.208. The Labute approximate surface area is 132 Å². The second-order valence-electron chi connectivity index (χ2n) is 6.50. The number of hydrogen-bond acceptors (Lipinski definition) is 4. The summed E-state index contributed by atoms with van der Waals surface area (Å²) in [5.41, 5.74) is -0.229. The van der Waals surface area contributed by atoms with Gasteiger partial charge in [-0.2, -0.15) is 0 Å². The smallest absolute Gasteiger partial charge is 0.223 e. The fourth-order valence-corrected chi connectivity index (χ4v) is 3.23. The fourth-order valence-electron chi connectivity index (χ4n) is 3.23. The van der Waals surface area contributed by atoms with Gasteiger partial charge in [-0.05, 0) is 25.7 Å². The van der Waals surface area contributed by atoms with Crippen molar-refractivity contribution in [3.05, 3.63) is 0 Å². The summed E-state index contributed by atoms with van der Waals surface area (Å²) >= 11 is 0. The highest BCUT2D eigenvalue weighted by Gasteiger charge is 2.34. The number of nitrogens with zero attached hydrogens (tertiary/aromatic N) is 1. The van der Waals surface area contributed by atoms with Gasteiger partial charge in [0.1, 0.15) is 0 Å². The van der Waals surface area contributed by atoms with Gasteiger partial charge in [-0.1, -0.05) is 6.92 Å². The molecule has 0 bridgehead atoms. The van der Waals surface area contributed by atoms with Crippen molar-refractivity contribution in [2.75, 3.05) is 39.5 Å². The zero-order valence-corrected chi connectivity index (χ0v) is 13.5. The molecule has 2 fully saturated rings. The van der Waals surface area contributed by atoms with E-state index in [1.54, 1.807) is 0 Å². The molecule has 0 aliphatic carbocycles. The van der Waals surface area contributed by atoms with Crippen molar-refractivity contribution in [2.45, 2.75) is 39.0 Å². The summed E-state index contributed by atoms with van der Waals surface area (Å²) in [5, 5.41) is 12.7. The van der Waals surface area contributed by atoms with Gasteiger partial charge in [-0.15, -0.1) is 0 Å². The summed E-state index contributed by atoms with van der Waals surface area (Å²) in [6.45, 7) is 5.10. The molecule has 0 saturated carbocycles. The van der Waals surface area contributed by atoms with E-state index in [4.69, 9.17) is 4.74 Å². The van der Waals surface area contributed by atoms with Crippen LogP contribution in [0.4, 0.5) is 0 Å². The number of piperidine rings is 1. The highest BCUT2D eigenvalue weighted by Crippen LogP contribution is 2.29. The number of amides is 2. The molecule has 0 spiro atoms. The second-order valence-corrected chi connectivity index (χ2v) is 6.50. The number of rotatable bonds is 5. The normalized spacial score (nSPS) is 22.4. The Kier molecular flexibility index (Phi) is 6.20. The van der Waals surface area contributed by atoms with Crippen molar-refractivity contribution in [1.82, 2.24) is 10.2 Å². The van der Waals surface area contributed by atoms with Crippen LogP contribution in [0.15, 0.2) is 0 Å². The minimum Gasteiger partial charge on any atom is -0.396 e. The van der Waals surface area contributed by atoms with Crippen LogP contribution in [0.2, 0.25) is 0 Å². The Morgan fingerprint density at radius 1 is 1.27 bits per heavy atom. The Balaban J connectivity index is 1.77. The lowest BCUT2D eigenvalue weighted by atomic mass is 9.81. The number of hydrogen-bond donors (Lipinski definition) is 2. The summed E-state index contributed by atoms with van der Waals surface area (Å²) in [6, 6.07) is 0. The van der Waals surface area contributed by atoms with E-state index >= 15 is 0 Å². The van der Waals surface area contributed by atoms with Gasteiger partial charge in [0.2, 0.25) is 11.8 Å². The average Bonchev–Trinajstić information content (AvgIpc) is 2.60. The molecule has 126 valence electrons. The zero-order chi connectivity index (χ0) is 16.0. The molecule has 2 heterocycles. The van der Waals surface area contributed by atoms with Crippen LogP contribution in [0.3, 0.4) is 0 Å². The number of carbonyl (C=O) groups is 2. The van der Waals surface area contributed by atoms with E-state index in [1.807, 2.05) is 11.8 Å². The van der Waals surface area contributed by atoms with E-state index in [9.17, 15) is 14.7 Å². The molecule has 0 radical (unpaired) electrons. The monoisotopic (exact) mass is 312 g/mol. The molecule has 2 N–H and O–H groups in total. The molecule has 0 aromatic carbocycles. The lowest BCUT2D eigenvalue weighted by molar-refractivity contribution is -0.135. The Hall–Kier alpha value is -1.14. The quantitative estimate of drug-likeness (QED) is 0.776. The van der Waals surface area contributed by atoms with Gasteiger partial charge in [0.25, 0.3) is 0 Å². The molecule has 6 nitrogen and oxygen atoms in total. The van der Waals surface area contributed by atoms with Gasteiger partial charge < -0.3 is 20.1 Å². The van der Waals surface area contributed by atoms with Gasteiger partial charge in [0, 0.05) is 50.6 Å². The number of nitrogens with one attached hydrogen (secondary N) is 1. The molecule has 2 amide bonds. The first-order chi connectivity index (χ1) is 10.6. The molecule has 0 aromatic rings. The Morgan fingerprint density at radius 3 is 2.45 bits per heavy atom. The SMILES string of the molecule is CCC(=O)N1CCC(C(=O)NCC2(CO)CCOCC2)CC1. The van der Waals surface area contributed by atoms with E-state index in [2.05, 4.69) is 5.32 Å². The van der Waals surface area contributed by atoms with Crippen LogP contribution in [0.25, 0.3) is 0 Å². The Bertz CT molecular complexity index is 386. The topological polar surface area (TPSA) is 78.9 Å². The molecule has 2 rings (SSSR count). The first-order valence-corrected chi connectivity index (χ1v) is 8.34. The number of ether oxygens (including phenoxy) is 1. The lowest BCUT2D eigenvalue weighted by Crippen LogP contribution is -2.47. The maximum absolute atomic E-state index is 12.3. The highest BCUT2D eigenvalue weighted by atomic mass is 16.5. The predicted molar refractivity (Wildman–Crippen MR) is 82.2 cm³/mol. The maximum Gasteiger partial charge on any atom is 0.223 e. The third kappa shape index (κ3) is 4.20. The molecular weight excluding hydrogens is 284 g/mol. The summed E-state index contributed by atoms with van der Waals surface area (Å²) in [4.78, 5) is 25.8. The molecule has 6 heteroatoms. The molecule has 0 atom stereocenters. The molecule has 0 aromatic heterocycles. The van der Waals surface area contributed by atoms with Crippen LogP contribution < -0.4 is 5.32 Å². The molecule has 22 heavy (non-hydrogen) atoms. The minimum absolute atomic E-state index is 0.0171. The number of aliphatic hydroxyl groups is 1. The molecular formula is C16H28N2O4. The van der Waals surface area contributed by atoms with E-state index in [0.717, 1.165) is 25.7 Å². The van der Waals surface area contributed by atoms with Gasteiger partial charge in [0.15, 0.2) is 0 Å². The summed E-state index contributed by atoms with van der Waals surface area (Å²) in [7, 11) is 0. The van der Waals surface area contributed by atoms with Gasteiger partial charge >= 0.3 is 0 Å². The largest absolute Gasteiger partial charge is 0.396 e. The van der Waals surface area contributed by atoms with Gasteiger partial charge in [-0.25, -0.2) is 0 Å². The number of aliphatic hydroxyl groups excluding tert-OH is 1. The molecule has 2 aliphatic rings. The number of likely N-dealkylation sites (tertiary alicyclic amines) is 1. The molecule has 0 unspecified atom stereocenters. The predicted octanol–water partition coefficient (Wildman–Crippen LogP) is 0.540. The van der Waals surface area contributed by atoms with E-state index < -0.39 is 0 Å². The van der Waals surface area contributed by atoms with Gasteiger partial charge in [-0.3, -0.25) is 9.59 Å². The third-order valence-electron chi connectivity index (χ3n) is 5.05. The van der Waals surface area contributed by atoms with E-state index in [1.165, 1.54) is 0 Å². The maximum atomic E-state index is 12.3. The van der Waals surface area contributed by atoms with Crippen molar-refractivity contribution in [2.24, 2.45) is 11.3 Å². The minimum atomic E-state index is -0.229. The van der Waals surface area contributed by atoms with Crippen LogP contribution in [0.5, 0.6) is 0 Å². The molecule has 2 aliphatic heterocycles. The average molecular weight is 312 g/mol. The van der Waals surface area contributed by atoms with E-state index in [0.29, 0.717) is 39.3 Å². The summed E-state index contributed by atoms with van der Waals surface area (Å²) in [6.07, 6.45) is 3.55. The summed E-state index contributed by atoms with van der Waals surface area (Å²) < 4.78 is 5.33. The molecule has 2 saturated heterocycles. The lowest BCUT2D eigenvalue weighted by Gasteiger charge is -2.36. The van der Waals surface area contributed by atoms with Crippen LogP contribution in [-0.2, 0) is 14.3 Å². The highest BCUT2D eigenvalue weighted by molar-refractivity contribution is 5.80. The van der Waals surface area contributed by atoms with Crippen molar-refractivity contribution in [3.63, 3.8) is 0 Å². The fraction of sp³-hybridized carbons (Fsp3) is 0.875. The van der Waals surface area contributed by atoms with Crippen LogP contribution in [-0.4, -0.2) is 61.3 Å². The van der Waals surface area contributed by atoms with Gasteiger partial charge in [0.05, 0.1) is 6.61 Å².